The number of carbonyl (C=O) groups is 1. The normalized spacial score (nSPS) is 11.5. The van der Waals surface area contributed by atoms with Crippen molar-refractivity contribution in [3.63, 3.8) is 0 Å². The zero-order chi connectivity index (χ0) is 9.56. The van der Waals surface area contributed by atoms with E-state index in [1.54, 1.807) is 0 Å². The van der Waals surface area contributed by atoms with E-state index in [1.807, 2.05) is 0 Å². The van der Waals surface area contributed by atoms with Crippen LogP contribution in [0.5, 0.6) is 0 Å². The van der Waals surface area contributed by atoms with Gasteiger partial charge in [0.1, 0.15) is 6.61 Å². The molecule has 0 aliphatic heterocycles. The van der Waals surface area contributed by atoms with E-state index in [0.717, 1.165) is 6.26 Å². The van der Waals surface area contributed by atoms with Crippen LogP contribution in [0.4, 0.5) is 0 Å². The first-order valence-corrected chi connectivity index (χ1v) is 3.35. The summed E-state index contributed by atoms with van der Waals surface area (Å²) in [6.07, 6.45) is 0.0961. The van der Waals surface area contributed by atoms with Crippen molar-refractivity contribution >= 4 is 5.97 Å². The van der Waals surface area contributed by atoms with E-state index in [9.17, 15) is 4.79 Å². The molecule has 4 heteroatoms. The molecule has 1 unspecified atom stereocenters. The molecule has 0 heterocycles. The van der Waals surface area contributed by atoms with Crippen molar-refractivity contribution in [2.75, 3.05) is 6.61 Å². The Labute approximate surface area is 71.1 Å². The van der Waals surface area contributed by atoms with Gasteiger partial charge in [-0.2, -0.15) is 0 Å². The van der Waals surface area contributed by atoms with Gasteiger partial charge in [0.2, 0.25) is 0 Å². The summed E-state index contributed by atoms with van der Waals surface area (Å²) in [5, 5.41) is 8.61. The molecule has 0 saturated heterocycles. The molecule has 0 aliphatic rings. The number of aliphatic hydroxyl groups excluding tert-OH is 1. The summed E-state index contributed by atoms with van der Waals surface area (Å²) in [4.78, 5) is 10.8. The van der Waals surface area contributed by atoms with E-state index in [4.69, 9.17) is 5.11 Å². The molecular formula is C8H12O4. The Kier molecular flexibility index (Phi) is 4.79. The first kappa shape index (κ1) is 10.7. The third-order valence-electron chi connectivity index (χ3n) is 0.984. The molecule has 0 amide bonds. The lowest BCUT2D eigenvalue weighted by atomic mass is 10.4. The van der Waals surface area contributed by atoms with Gasteiger partial charge >= 0.3 is 5.97 Å². The van der Waals surface area contributed by atoms with Crippen LogP contribution in [-0.4, -0.2) is 24.0 Å². The third-order valence-corrected chi connectivity index (χ3v) is 0.984. The Balaban J connectivity index is 3.93. The van der Waals surface area contributed by atoms with Crippen LogP contribution in [0.25, 0.3) is 0 Å². The lowest BCUT2D eigenvalue weighted by Crippen LogP contribution is -2.23. The lowest BCUT2D eigenvalue weighted by Gasteiger charge is -2.13. The molecule has 0 spiro atoms. The van der Waals surface area contributed by atoms with Gasteiger partial charge in [-0.3, -0.25) is 0 Å². The molecule has 0 radical (unpaired) electrons. The molecule has 4 nitrogen and oxygen atoms in total. The van der Waals surface area contributed by atoms with Crippen LogP contribution in [0.3, 0.4) is 0 Å². The quantitative estimate of drug-likeness (QED) is 0.285. The second-order valence-corrected chi connectivity index (χ2v) is 2.10. The fourth-order valence-electron chi connectivity index (χ4n) is 0.435. The highest BCUT2D eigenvalue weighted by molar-refractivity contribution is 5.87. The predicted octanol–water partition coefficient (Wildman–Crippen LogP) is 0.584. The second-order valence-electron chi connectivity index (χ2n) is 2.10. The van der Waals surface area contributed by atoms with Crippen molar-refractivity contribution in [1.82, 2.24) is 0 Å². The topological polar surface area (TPSA) is 55.8 Å². The lowest BCUT2D eigenvalue weighted by molar-refractivity contribution is -0.170. The van der Waals surface area contributed by atoms with Gasteiger partial charge in [-0.05, 0) is 6.92 Å². The van der Waals surface area contributed by atoms with Crippen LogP contribution < -0.4 is 0 Å². The second kappa shape index (κ2) is 5.37. The van der Waals surface area contributed by atoms with Gasteiger partial charge in [0, 0.05) is 5.57 Å². The van der Waals surface area contributed by atoms with E-state index in [-0.39, 0.29) is 5.57 Å². The number of ether oxygens (including phenoxy) is 2. The van der Waals surface area contributed by atoms with Crippen LogP contribution in [-0.2, 0) is 14.3 Å². The summed E-state index contributed by atoms with van der Waals surface area (Å²) in [6, 6.07) is 0. The van der Waals surface area contributed by atoms with Crippen molar-refractivity contribution in [2.24, 2.45) is 0 Å². The van der Waals surface area contributed by atoms with Crippen LogP contribution in [0.15, 0.2) is 25.0 Å². The average molecular weight is 172 g/mol. The highest BCUT2D eigenvalue weighted by Crippen LogP contribution is 1.99. The van der Waals surface area contributed by atoms with E-state index < -0.39 is 18.9 Å². The summed E-state index contributed by atoms with van der Waals surface area (Å²) >= 11 is 0. The smallest absolute Gasteiger partial charge is 0.336 e. The number of hydrogen-bond acceptors (Lipinski definition) is 4. The molecule has 0 aromatic rings. The van der Waals surface area contributed by atoms with Gasteiger partial charge in [-0.1, -0.05) is 13.2 Å². The monoisotopic (exact) mass is 172 g/mol. The first-order chi connectivity index (χ1) is 5.61. The van der Waals surface area contributed by atoms with Crippen molar-refractivity contribution in [2.45, 2.75) is 13.2 Å². The first-order valence-electron chi connectivity index (χ1n) is 3.35. The number of aliphatic hydroxyl groups is 1. The molecule has 1 N–H and O–H groups in total. The van der Waals surface area contributed by atoms with E-state index in [1.165, 1.54) is 6.92 Å². The molecule has 0 bridgehead atoms. The summed E-state index contributed by atoms with van der Waals surface area (Å²) in [5.41, 5.74) is 0.251. The maximum Gasteiger partial charge on any atom is 0.336 e. The van der Waals surface area contributed by atoms with Crippen LogP contribution in [0.1, 0.15) is 6.92 Å². The molecular weight excluding hydrogens is 160 g/mol. The molecule has 0 aromatic carbocycles. The van der Waals surface area contributed by atoms with Crippen LogP contribution >= 0.6 is 0 Å². The molecule has 0 rings (SSSR count). The standard InChI is InChI=1S/C8H12O4/c1-4-11-7(5-9)12-8(10)6(2)3/h4,7,9H,1-2,5H2,3H3. The third kappa shape index (κ3) is 3.78. The van der Waals surface area contributed by atoms with Crippen molar-refractivity contribution in [3.8, 4) is 0 Å². The SMILES string of the molecule is C=COC(CO)OC(=O)C(=C)C. The number of esters is 1. The predicted molar refractivity (Wildman–Crippen MR) is 43.1 cm³/mol. The van der Waals surface area contributed by atoms with Gasteiger partial charge in [0.15, 0.2) is 0 Å². The maximum absolute atomic E-state index is 10.8. The Hall–Kier alpha value is -1.29. The number of carbonyl (C=O) groups excluding carboxylic acids is 1. The van der Waals surface area contributed by atoms with Crippen LogP contribution in [0.2, 0.25) is 0 Å². The molecule has 0 aromatic heterocycles. The minimum absolute atomic E-state index is 0.251. The Morgan fingerprint density at radius 3 is 2.67 bits per heavy atom. The van der Waals surface area contributed by atoms with E-state index >= 15 is 0 Å². The van der Waals surface area contributed by atoms with Crippen molar-refractivity contribution in [1.29, 1.82) is 0 Å². The zero-order valence-electron chi connectivity index (χ0n) is 6.95. The number of hydrogen-bond donors (Lipinski definition) is 1. The maximum atomic E-state index is 10.8. The largest absolute Gasteiger partial charge is 0.461 e. The van der Waals surface area contributed by atoms with E-state index in [2.05, 4.69) is 22.6 Å². The van der Waals surface area contributed by atoms with E-state index in [0.29, 0.717) is 0 Å². The zero-order valence-corrected chi connectivity index (χ0v) is 6.95. The Morgan fingerprint density at radius 2 is 2.33 bits per heavy atom. The Bertz CT molecular complexity index is 185. The van der Waals surface area contributed by atoms with Gasteiger partial charge in [0.25, 0.3) is 6.29 Å². The van der Waals surface area contributed by atoms with Gasteiger partial charge in [0.05, 0.1) is 6.26 Å². The van der Waals surface area contributed by atoms with Gasteiger partial charge in [-0.25, -0.2) is 4.79 Å². The molecule has 0 aliphatic carbocycles. The highest BCUT2D eigenvalue weighted by atomic mass is 16.7. The van der Waals surface area contributed by atoms with Crippen molar-refractivity contribution < 1.29 is 19.4 Å². The van der Waals surface area contributed by atoms with Gasteiger partial charge < -0.3 is 14.6 Å². The summed E-state index contributed by atoms with van der Waals surface area (Å²) in [7, 11) is 0. The average Bonchev–Trinajstić information content (AvgIpc) is 2.03. The molecule has 68 valence electrons. The fraction of sp³-hybridized carbons (Fsp3) is 0.375. The summed E-state index contributed by atoms with van der Waals surface area (Å²) in [6.45, 7) is 7.71. The summed E-state index contributed by atoms with van der Waals surface area (Å²) < 4.78 is 9.26. The summed E-state index contributed by atoms with van der Waals surface area (Å²) in [5.74, 6) is -0.601. The minimum Gasteiger partial charge on any atom is -0.461 e. The molecule has 0 saturated carbocycles. The molecule has 12 heavy (non-hydrogen) atoms. The van der Waals surface area contributed by atoms with Crippen molar-refractivity contribution in [3.05, 3.63) is 25.0 Å². The van der Waals surface area contributed by atoms with Crippen LogP contribution in [0, 0.1) is 0 Å². The minimum atomic E-state index is -0.994. The molecule has 0 fully saturated rings. The Morgan fingerprint density at radius 1 is 1.75 bits per heavy atom. The highest BCUT2D eigenvalue weighted by Gasteiger charge is 2.12. The fourth-order valence-corrected chi connectivity index (χ4v) is 0.435. The van der Waals surface area contributed by atoms with Gasteiger partial charge in [-0.15, -0.1) is 0 Å². The number of rotatable bonds is 5. The molecule has 1 atom stereocenters.